The van der Waals surface area contributed by atoms with Crippen LogP contribution in [0.15, 0.2) is 47.4 Å². The first-order valence-electron chi connectivity index (χ1n) is 6.10. The number of nitrogens with two attached hydrogens (primary N) is 1. The van der Waals surface area contributed by atoms with Crippen molar-refractivity contribution in [2.45, 2.75) is 11.4 Å². The molecular weight excluding hydrogens is 295 g/mol. The normalized spacial score (nSPS) is 11.3. The Bertz CT molecular complexity index is 748. The molecule has 0 aromatic heterocycles. The van der Waals surface area contributed by atoms with Crippen LogP contribution in [0.3, 0.4) is 0 Å². The zero-order valence-electron chi connectivity index (χ0n) is 11.3. The molecule has 0 amide bonds. The van der Waals surface area contributed by atoms with Crippen molar-refractivity contribution in [1.82, 2.24) is 4.72 Å². The topological polar surface area (TPSA) is 81.4 Å². The molecule has 112 valence electrons. The highest BCUT2D eigenvalue weighted by Crippen LogP contribution is 2.21. The van der Waals surface area contributed by atoms with Gasteiger partial charge >= 0.3 is 0 Å². The van der Waals surface area contributed by atoms with Gasteiger partial charge in [0.1, 0.15) is 11.6 Å². The van der Waals surface area contributed by atoms with Crippen LogP contribution in [0.1, 0.15) is 5.56 Å². The second-order valence-electron chi connectivity index (χ2n) is 4.35. The van der Waals surface area contributed by atoms with Gasteiger partial charge in [-0.25, -0.2) is 17.5 Å². The SMILES string of the molecule is COc1ccc(N)cc1CNS(=O)(=O)c1cccc(F)c1. The fraction of sp³-hybridized carbons (Fsp3) is 0.143. The van der Waals surface area contributed by atoms with Crippen molar-refractivity contribution in [1.29, 1.82) is 0 Å². The molecule has 7 heteroatoms. The lowest BCUT2D eigenvalue weighted by molar-refractivity contribution is 0.409. The van der Waals surface area contributed by atoms with Crippen LogP contribution >= 0.6 is 0 Å². The van der Waals surface area contributed by atoms with E-state index in [1.54, 1.807) is 18.2 Å². The van der Waals surface area contributed by atoms with Crippen molar-refractivity contribution in [3.63, 3.8) is 0 Å². The minimum absolute atomic E-state index is 0.00688. The Balaban J connectivity index is 2.21. The second kappa shape index (κ2) is 6.11. The smallest absolute Gasteiger partial charge is 0.240 e. The van der Waals surface area contributed by atoms with E-state index in [0.717, 1.165) is 6.07 Å². The Morgan fingerprint density at radius 2 is 2.00 bits per heavy atom. The fourth-order valence-corrected chi connectivity index (χ4v) is 2.86. The Kier molecular flexibility index (Phi) is 4.44. The largest absolute Gasteiger partial charge is 0.496 e. The van der Waals surface area contributed by atoms with E-state index in [1.165, 1.54) is 25.3 Å². The molecule has 21 heavy (non-hydrogen) atoms. The van der Waals surface area contributed by atoms with Gasteiger partial charge in [0.2, 0.25) is 10.0 Å². The van der Waals surface area contributed by atoms with Crippen molar-refractivity contribution in [2.24, 2.45) is 0 Å². The van der Waals surface area contributed by atoms with Gasteiger partial charge in [-0.15, -0.1) is 0 Å². The molecule has 0 spiro atoms. The molecule has 0 bridgehead atoms. The fourth-order valence-electron chi connectivity index (χ4n) is 1.83. The summed E-state index contributed by atoms with van der Waals surface area (Å²) in [5.41, 5.74) is 6.76. The number of sulfonamides is 1. The van der Waals surface area contributed by atoms with Gasteiger partial charge in [0, 0.05) is 17.8 Å². The lowest BCUT2D eigenvalue weighted by Gasteiger charge is -2.11. The number of nitrogen functional groups attached to an aromatic ring is 1. The number of halogens is 1. The zero-order valence-corrected chi connectivity index (χ0v) is 12.2. The summed E-state index contributed by atoms with van der Waals surface area (Å²) in [6.07, 6.45) is 0. The summed E-state index contributed by atoms with van der Waals surface area (Å²) in [5.74, 6) is -0.0921. The lowest BCUT2D eigenvalue weighted by Crippen LogP contribution is -2.23. The lowest BCUT2D eigenvalue weighted by atomic mass is 10.2. The summed E-state index contributed by atoms with van der Waals surface area (Å²) in [7, 11) is -2.32. The highest BCUT2D eigenvalue weighted by atomic mass is 32.2. The van der Waals surface area contributed by atoms with Crippen LogP contribution in [-0.4, -0.2) is 15.5 Å². The van der Waals surface area contributed by atoms with Crippen LogP contribution in [0, 0.1) is 5.82 Å². The number of rotatable bonds is 5. The van der Waals surface area contributed by atoms with Crippen molar-refractivity contribution in [3.8, 4) is 5.75 Å². The average Bonchev–Trinajstić information content (AvgIpc) is 2.45. The maximum absolute atomic E-state index is 13.1. The van der Waals surface area contributed by atoms with E-state index in [2.05, 4.69) is 4.72 Å². The van der Waals surface area contributed by atoms with Gasteiger partial charge in [0.05, 0.1) is 12.0 Å². The Hall–Kier alpha value is -2.12. The number of benzene rings is 2. The predicted octanol–water partition coefficient (Wildman–Crippen LogP) is 1.89. The first kappa shape index (κ1) is 15.3. The van der Waals surface area contributed by atoms with E-state index < -0.39 is 15.8 Å². The van der Waals surface area contributed by atoms with Gasteiger partial charge in [-0.1, -0.05) is 6.07 Å². The molecule has 0 aliphatic carbocycles. The van der Waals surface area contributed by atoms with Gasteiger partial charge in [0.15, 0.2) is 0 Å². The first-order valence-corrected chi connectivity index (χ1v) is 7.58. The summed E-state index contributed by atoms with van der Waals surface area (Å²) < 4.78 is 44.8. The molecular formula is C14H15FN2O3S. The number of hydrogen-bond acceptors (Lipinski definition) is 4. The molecule has 0 aliphatic heterocycles. The van der Waals surface area contributed by atoms with Crippen LogP contribution in [0.2, 0.25) is 0 Å². The standard InChI is InChI=1S/C14H15FN2O3S/c1-20-14-6-5-12(16)7-10(14)9-17-21(18,19)13-4-2-3-11(15)8-13/h2-8,17H,9,16H2,1H3. The molecule has 2 aromatic rings. The van der Waals surface area contributed by atoms with E-state index in [0.29, 0.717) is 17.0 Å². The van der Waals surface area contributed by atoms with Gasteiger partial charge in [-0.2, -0.15) is 0 Å². The summed E-state index contributed by atoms with van der Waals surface area (Å²) >= 11 is 0. The summed E-state index contributed by atoms with van der Waals surface area (Å²) in [6, 6.07) is 9.73. The Morgan fingerprint density at radius 3 is 2.67 bits per heavy atom. The predicted molar refractivity (Wildman–Crippen MR) is 77.8 cm³/mol. The molecule has 0 atom stereocenters. The molecule has 2 aromatic carbocycles. The summed E-state index contributed by atoms with van der Waals surface area (Å²) in [4.78, 5) is -0.134. The number of methoxy groups -OCH3 is 1. The molecule has 2 rings (SSSR count). The van der Waals surface area contributed by atoms with Crippen LogP contribution in [0.5, 0.6) is 5.75 Å². The van der Waals surface area contributed by atoms with Gasteiger partial charge in [-0.05, 0) is 36.4 Å². The van der Waals surface area contributed by atoms with Crippen LogP contribution in [0.25, 0.3) is 0 Å². The third kappa shape index (κ3) is 3.71. The van der Waals surface area contributed by atoms with Crippen LogP contribution in [-0.2, 0) is 16.6 Å². The van der Waals surface area contributed by atoms with E-state index in [9.17, 15) is 12.8 Å². The van der Waals surface area contributed by atoms with E-state index in [1.807, 2.05) is 0 Å². The average molecular weight is 310 g/mol. The van der Waals surface area contributed by atoms with Gasteiger partial charge in [0.25, 0.3) is 0 Å². The maximum Gasteiger partial charge on any atom is 0.240 e. The van der Waals surface area contributed by atoms with Crippen molar-refractivity contribution in [2.75, 3.05) is 12.8 Å². The van der Waals surface area contributed by atoms with Crippen molar-refractivity contribution >= 4 is 15.7 Å². The first-order chi connectivity index (χ1) is 9.92. The van der Waals surface area contributed by atoms with Gasteiger partial charge in [-0.3, -0.25) is 0 Å². The molecule has 0 fully saturated rings. The van der Waals surface area contributed by atoms with Crippen LogP contribution < -0.4 is 15.2 Å². The molecule has 0 unspecified atom stereocenters. The number of anilines is 1. The van der Waals surface area contributed by atoms with Gasteiger partial charge < -0.3 is 10.5 Å². The molecule has 0 saturated heterocycles. The second-order valence-corrected chi connectivity index (χ2v) is 6.12. The highest BCUT2D eigenvalue weighted by Gasteiger charge is 2.15. The molecule has 0 radical (unpaired) electrons. The van der Waals surface area contributed by atoms with E-state index in [-0.39, 0.29) is 11.4 Å². The zero-order chi connectivity index (χ0) is 15.5. The van der Waals surface area contributed by atoms with Crippen molar-refractivity contribution in [3.05, 3.63) is 53.8 Å². The maximum atomic E-state index is 13.1. The van der Waals surface area contributed by atoms with Crippen molar-refractivity contribution < 1.29 is 17.5 Å². The number of hydrogen-bond donors (Lipinski definition) is 2. The molecule has 0 heterocycles. The molecule has 3 N–H and O–H groups in total. The van der Waals surface area contributed by atoms with E-state index in [4.69, 9.17) is 10.5 Å². The number of ether oxygens (including phenoxy) is 1. The summed E-state index contributed by atoms with van der Waals surface area (Å²) in [5, 5.41) is 0. The van der Waals surface area contributed by atoms with Crippen LogP contribution in [0.4, 0.5) is 10.1 Å². The third-order valence-electron chi connectivity index (χ3n) is 2.86. The molecule has 0 saturated carbocycles. The van der Waals surface area contributed by atoms with E-state index >= 15 is 0 Å². The summed E-state index contributed by atoms with van der Waals surface area (Å²) in [6.45, 7) is -0.00688. The third-order valence-corrected chi connectivity index (χ3v) is 4.26. The monoisotopic (exact) mass is 310 g/mol. The highest BCUT2D eigenvalue weighted by molar-refractivity contribution is 7.89. The Morgan fingerprint density at radius 1 is 1.24 bits per heavy atom. The quantitative estimate of drug-likeness (QED) is 0.826. The number of nitrogens with one attached hydrogen (secondary N) is 1. The molecule has 0 aliphatic rings. The minimum atomic E-state index is -3.81. The molecule has 5 nitrogen and oxygen atoms in total. The Labute approximate surface area is 122 Å². The minimum Gasteiger partial charge on any atom is -0.496 e.